The first kappa shape index (κ1) is 23.5. The summed E-state index contributed by atoms with van der Waals surface area (Å²) in [7, 11) is 0. The van der Waals surface area contributed by atoms with Crippen molar-refractivity contribution in [3.8, 4) is 0 Å². The van der Waals surface area contributed by atoms with Gasteiger partial charge in [-0.15, -0.1) is 11.6 Å². The molecule has 4 unspecified atom stereocenters. The molecular weight excluding hydrogens is 464 g/mol. The number of aromatic amines is 1. The van der Waals surface area contributed by atoms with Crippen LogP contribution in [0, 0.1) is 6.92 Å². The first-order valence-corrected chi connectivity index (χ1v) is 10.7. The van der Waals surface area contributed by atoms with Crippen molar-refractivity contribution in [1.29, 1.82) is 0 Å². The van der Waals surface area contributed by atoms with E-state index in [1.165, 1.54) is 12.3 Å². The van der Waals surface area contributed by atoms with Gasteiger partial charge in [-0.25, -0.2) is 14.4 Å². The molecule has 176 valence electrons. The van der Waals surface area contributed by atoms with Crippen molar-refractivity contribution in [2.75, 3.05) is 0 Å². The molecule has 10 heteroatoms. The fraction of sp³-hybridized carbons (Fsp3) is 0.250. The topological polar surface area (TPSA) is 128 Å². The molecule has 9 nitrogen and oxygen atoms in total. The van der Waals surface area contributed by atoms with Gasteiger partial charge in [0.05, 0.1) is 11.1 Å². The number of carboxylic acid groups (broad SMARTS) is 1. The molecule has 0 aliphatic carbocycles. The summed E-state index contributed by atoms with van der Waals surface area (Å²) in [5.74, 6) is -1.79. The molecule has 0 spiro atoms. The lowest BCUT2D eigenvalue weighted by atomic mass is 9.91. The van der Waals surface area contributed by atoms with Gasteiger partial charge in [-0.2, -0.15) is 0 Å². The summed E-state index contributed by atoms with van der Waals surface area (Å²) < 4.78 is 13.1. The predicted molar refractivity (Wildman–Crippen MR) is 122 cm³/mol. The lowest BCUT2D eigenvalue weighted by molar-refractivity contribution is -0.0321. The number of nitrogens with zero attached hydrogens (tertiary/aromatic N) is 1. The zero-order valence-corrected chi connectivity index (χ0v) is 19.0. The Morgan fingerprint density at radius 1 is 1.12 bits per heavy atom. The Kier molecular flexibility index (Phi) is 6.16. The number of hydrogen-bond donors (Lipinski definition) is 2. The van der Waals surface area contributed by atoms with Crippen LogP contribution in [0.2, 0.25) is 0 Å². The number of alkyl halides is 1. The first-order chi connectivity index (χ1) is 16.1. The van der Waals surface area contributed by atoms with E-state index in [2.05, 4.69) is 4.98 Å². The number of benzene rings is 2. The summed E-state index contributed by atoms with van der Waals surface area (Å²) in [5, 5.41) is 9.56. The number of carboxylic acids is 1. The molecule has 34 heavy (non-hydrogen) atoms. The van der Waals surface area contributed by atoms with Gasteiger partial charge in [0.25, 0.3) is 5.56 Å². The minimum absolute atomic E-state index is 0.0511. The van der Waals surface area contributed by atoms with Gasteiger partial charge in [0.1, 0.15) is 11.0 Å². The molecule has 1 aliphatic heterocycles. The van der Waals surface area contributed by atoms with Gasteiger partial charge in [0, 0.05) is 12.3 Å². The molecule has 4 rings (SSSR count). The Balaban J connectivity index is 1.83. The number of aromatic carboxylic acids is 1. The monoisotopic (exact) mass is 484 g/mol. The fourth-order valence-corrected chi connectivity index (χ4v) is 4.41. The Bertz CT molecular complexity index is 1360. The molecule has 0 bridgehead atoms. The molecule has 0 radical (unpaired) electrons. The molecule has 1 aromatic heterocycles. The average molecular weight is 485 g/mol. The second-order valence-corrected chi connectivity index (χ2v) is 8.91. The first-order valence-electron chi connectivity index (χ1n) is 10.4. The Hall–Kier alpha value is -3.69. The highest BCUT2D eigenvalue weighted by atomic mass is 35.5. The molecule has 1 saturated heterocycles. The number of hydrogen-bond acceptors (Lipinski definition) is 6. The second kappa shape index (κ2) is 8.92. The van der Waals surface area contributed by atoms with Crippen LogP contribution in [-0.4, -0.2) is 37.6 Å². The lowest BCUT2D eigenvalue weighted by Crippen LogP contribution is -2.43. The van der Waals surface area contributed by atoms with Gasteiger partial charge >= 0.3 is 17.6 Å². The zero-order chi connectivity index (χ0) is 24.6. The number of aromatic nitrogens is 2. The van der Waals surface area contributed by atoms with Crippen molar-refractivity contribution in [2.24, 2.45) is 0 Å². The number of carbonyl (C=O) groups is 2. The molecule has 3 aromatic rings. The van der Waals surface area contributed by atoms with Gasteiger partial charge in [-0.1, -0.05) is 30.3 Å². The summed E-state index contributed by atoms with van der Waals surface area (Å²) in [5.41, 5.74) is -0.164. The maximum Gasteiger partial charge on any atom is 0.338 e. The molecule has 0 amide bonds. The largest absolute Gasteiger partial charge is 0.478 e. The third kappa shape index (κ3) is 4.15. The highest BCUT2D eigenvalue weighted by Crippen LogP contribution is 2.51. The number of esters is 1. The van der Waals surface area contributed by atoms with Crippen LogP contribution in [-0.2, 0) is 9.47 Å². The van der Waals surface area contributed by atoms with Crippen LogP contribution in [0.3, 0.4) is 0 Å². The predicted octanol–water partition coefficient (Wildman–Crippen LogP) is 3.04. The van der Waals surface area contributed by atoms with Crippen molar-refractivity contribution >= 4 is 23.5 Å². The maximum atomic E-state index is 12.9. The van der Waals surface area contributed by atoms with Crippen LogP contribution >= 0.6 is 11.6 Å². The molecule has 0 saturated carbocycles. The lowest BCUT2D eigenvalue weighted by Gasteiger charge is -2.29. The minimum Gasteiger partial charge on any atom is -0.478 e. The van der Waals surface area contributed by atoms with Gasteiger partial charge in [-0.05, 0) is 43.2 Å². The van der Waals surface area contributed by atoms with E-state index in [9.17, 15) is 24.3 Å². The van der Waals surface area contributed by atoms with E-state index in [-0.39, 0.29) is 11.1 Å². The second-order valence-electron chi connectivity index (χ2n) is 8.09. The summed E-state index contributed by atoms with van der Waals surface area (Å²) in [6, 6.07) is 14.1. The van der Waals surface area contributed by atoms with Gasteiger partial charge in [-0.3, -0.25) is 14.3 Å². The summed E-state index contributed by atoms with van der Waals surface area (Å²) in [6.07, 6.45) is -2.03. The molecule has 1 fully saturated rings. The van der Waals surface area contributed by atoms with E-state index in [1.54, 1.807) is 56.3 Å². The van der Waals surface area contributed by atoms with E-state index in [1.807, 2.05) is 0 Å². The normalized spacial score (nSPS) is 24.0. The highest BCUT2D eigenvalue weighted by molar-refractivity contribution is 6.24. The summed E-state index contributed by atoms with van der Waals surface area (Å²) in [4.78, 5) is 49.4. The molecule has 2 aromatic carbocycles. The average Bonchev–Trinajstić information content (AvgIpc) is 3.04. The van der Waals surface area contributed by atoms with Crippen LogP contribution < -0.4 is 11.2 Å². The van der Waals surface area contributed by atoms with Crippen LogP contribution in [0.15, 0.2) is 70.4 Å². The maximum absolute atomic E-state index is 12.9. The zero-order valence-electron chi connectivity index (χ0n) is 18.2. The molecule has 2 N–H and O–H groups in total. The van der Waals surface area contributed by atoms with E-state index < -0.39 is 46.5 Å². The smallest absolute Gasteiger partial charge is 0.338 e. The highest BCUT2D eigenvalue weighted by Gasteiger charge is 2.57. The van der Waals surface area contributed by atoms with E-state index in [0.29, 0.717) is 11.1 Å². The van der Waals surface area contributed by atoms with Crippen molar-refractivity contribution in [3.05, 3.63) is 104 Å². The van der Waals surface area contributed by atoms with Crippen molar-refractivity contribution < 1.29 is 24.2 Å². The fourth-order valence-electron chi connectivity index (χ4n) is 4.09. The quantitative estimate of drug-likeness (QED) is 0.420. The standard InChI is InChI=1S/C24H21ClN2O7/c1-13-15(9-6-10-16(13)20(29)30)18-19(34-21(31)14-7-4-3-5-8-14)24(2,25)22(33-18)27-12-11-17(28)26-23(27)32/h3-12,18-19,22H,1-2H3,(H,29,30)(H,26,28,32). The number of H-pyrrole nitrogens is 1. The van der Waals surface area contributed by atoms with Gasteiger partial charge in [0.2, 0.25) is 0 Å². The third-order valence-corrected chi connectivity index (χ3v) is 6.25. The Morgan fingerprint density at radius 3 is 2.47 bits per heavy atom. The van der Waals surface area contributed by atoms with Crippen molar-refractivity contribution in [2.45, 2.75) is 37.2 Å². The van der Waals surface area contributed by atoms with E-state index in [0.717, 1.165) is 10.6 Å². The molecule has 2 heterocycles. The number of nitrogens with one attached hydrogen (secondary N) is 1. The van der Waals surface area contributed by atoms with Crippen molar-refractivity contribution in [1.82, 2.24) is 9.55 Å². The minimum atomic E-state index is -1.47. The van der Waals surface area contributed by atoms with Crippen LogP contribution in [0.5, 0.6) is 0 Å². The van der Waals surface area contributed by atoms with Gasteiger partial charge in [0.15, 0.2) is 12.3 Å². The van der Waals surface area contributed by atoms with Crippen LogP contribution in [0.25, 0.3) is 0 Å². The number of halogens is 1. The number of carbonyl (C=O) groups excluding carboxylic acids is 1. The van der Waals surface area contributed by atoms with Crippen LogP contribution in [0.1, 0.15) is 51.1 Å². The molecule has 4 atom stereocenters. The Morgan fingerprint density at radius 2 is 1.82 bits per heavy atom. The molecule has 1 aliphatic rings. The summed E-state index contributed by atoms with van der Waals surface area (Å²) in [6.45, 7) is 3.17. The van der Waals surface area contributed by atoms with E-state index >= 15 is 0 Å². The van der Waals surface area contributed by atoms with Gasteiger partial charge < -0.3 is 14.6 Å². The molecular formula is C24H21ClN2O7. The Labute approximate surface area is 198 Å². The van der Waals surface area contributed by atoms with E-state index in [4.69, 9.17) is 21.1 Å². The summed E-state index contributed by atoms with van der Waals surface area (Å²) >= 11 is 6.91. The SMILES string of the molecule is Cc1c(C(=O)O)cccc1C1OC(n2ccc(=O)[nH]c2=O)C(C)(Cl)C1OC(=O)c1ccccc1. The number of ether oxygens (including phenoxy) is 2. The third-order valence-electron chi connectivity index (χ3n) is 5.85. The van der Waals surface area contributed by atoms with Crippen LogP contribution in [0.4, 0.5) is 0 Å². The van der Waals surface area contributed by atoms with Crippen molar-refractivity contribution in [3.63, 3.8) is 0 Å². The number of rotatable bonds is 5.